The topological polar surface area (TPSA) is 56.3 Å². The zero-order chi connectivity index (χ0) is 11.1. The summed E-state index contributed by atoms with van der Waals surface area (Å²) in [5, 5.41) is 4.12. The van der Waals surface area contributed by atoms with Crippen LogP contribution in [0.1, 0.15) is 6.92 Å². The first-order valence-corrected chi connectivity index (χ1v) is 5.27. The van der Waals surface area contributed by atoms with E-state index in [1.165, 1.54) is 0 Å². The second-order valence-corrected chi connectivity index (χ2v) is 3.50. The second-order valence-electron chi connectivity index (χ2n) is 3.50. The van der Waals surface area contributed by atoms with Crippen molar-refractivity contribution in [1.29, 1.82) is 0 Å². The van der Waals surface area contributed by atoms with Gasteiger partial charge >= 0.3 is 0 Å². The predicted molar refractivity (Wildman–Crippen MR) is 60.6 cm³/mol. The number of ether oxygens (including phenoxy) is 1. The van der Waals surface area contributed by atoms with Crippen molar-refractivity contribution < 1.29 is 4.74 Å². The molecule has 0 saturated heterocycles. The van der Waals surface area contributed by atoms with E-state index in [9.17, 15) is 0 Å². The maximum atomic E-state index is 5.52. The average molecular weight is 212 g/mol. The highest BCUT2D eigenvalue weighted by Gasteiger charge is 1.99. The number of aromatic nitrogens is 2. The third-order valence-corrected chi connectivity index (χ3v) is 2.19. The van der Waals surface area contributed by atoms with Crippen LogP contribution in [-0.2, 0) is 11.3 Å². The van der Waals surface area contributed by atoms with E-state index in [0.29, 0.717) is 5.82 Å². The molecule has 1 aromatic rings. The minimum atomic E-state index is 0.576. The standard InChI is InChI=1S/C10H20N4O/c1-3-15-9-8-13(2)6-7-14-5-4-10(11)12-14/h4-5H,3,6-9H2,1-2H3,(H2,11,12). The number of hydrogen-bond donors (Lipinski definition) is 1. The van der Waals surface area contributed by atoms with Crippen LogP contribution in [0.5, 0.6) is 0 Å². The summed E-state index contributed by atoms with van der Waals surface area (Å²) in [4.78, 5) is 2.22. The largest absolute Gasteiger partial charge is 0.382 e. The molecular weight excluding hydrogens is 192 g/mol. The zero-order valence-corrected chi connectivity index (χ0v) is 9.52. The molecule has 0 radical (unpaired) electrons. The fraction of sp³-hybridized carbons (Fsp3) is 0.700. The molecule has 0 aliphatic carbocycles. The highest BCUT2D eigenvalue weighted by Crippen LogP contribution is 1.95. The Morgan fingerprint density at radius 1 is 1.53 bits per heavy atom. The smallest absolute Gasteiger partial charge is 0.145 e. The molecular formula is C10H20N4O. The summed E-state index contributed by atoms with van der Waals surface area (Å²) in [5.74, 6) is 0.576. The lowest BCUT2D eigenvalue weighted by molar-refractivity contribution is 0.121. The van der Waals surface area contributed by atoms with Gasteiger partial charge in [0.25, 0.3) is 0 Å². The summed E-state index contributed by atoms with van der Waals surface area (Å²) >= 11 is 0. The summed E-state index contributed by atoms with van der Waals surface area (Å²) < 4.78 is 7.13. The molecule has 0 unspecified atom stereocenters. The Bertz CT molecular complexity index is 274. The molecule has 1 heterocycles. The molecule has 0 saturated carbocycles. The lowest BCUT2D eigenvalue weighted by atomic mass is 10.5. The molecule has 0 fully saturated rings. The first-order chi connectivity index (χ1) is 7.22. The first kappa shape index (κ1) is 12.0. The monoisotopic (exact) mass is 212 g/mol. The van der Waals surface area contributed by atoms with E-state index < -0.39 is 0 Å². The molecule has 5 heteroatoms. The van der Waals surface area contributed by atoms with Gasteiger partial charge in [0.2, 0.25) is 0 Å². The fourth-order valence-electron chi connectivity index (χ4n) is 1.25. The van der Waals surface area contributed by atoms with E-state index in [-0.39, 0.29) is 0 Å². The Morgan fingerprint density at radius 3 is 2.93 bits per heavy atom. The van der Waals surface area contributed by atoms with Crippen LogP contribution in [-0.4, -0.2) is 48.0 Å². The molecule has 0 aliphatic heterocycles. The van der Waals surface area contributed by atoms with Gasteiger partial charge in [-0.15, -0.1) is 0 Å². The number of rotatable bonds is 7. The number of nitrogens with zero attached hydrogens (tertiary/aromatic N) is 3. The molecule has 1 aromatic heterocycles. The minimum absolute atomic E-state index is 0.576. The van der Waals surface area contributed by atoms with Crippen LogP contribution >= 0.6 is 0 Å². The van der Waals surface area contributed by atoms with E-state index in [1.807, 2.05) is 17.8 Å². The summed E-state index contributed by atoms with van der Waals surface area (Å²) in [6, 6.07) is 1.81. The third-order valence-electron chi connectivity index (χ3n) is 2.19. The van der Waals surface area contributed by atoms with Gasteiger partial charge in [-0.3, -0.25) is 4.68 Å². The Morgan fingerprint density at radius 2 is 2.33 bits per heavy atom. The van der Waals surface area contributed by atoms with E-state index in [4.69, 9.17) is 10.5 Å². The molecule has 86 valence electrons. The SMILES string of the molecule is CCOCCN(C)CCn1ccc(N)n1. The van der Waals surface area contributed by atoms with Gasteiger partial charge < -0.3 is 15.4 Å². The van der Waals surface area contributed by atoms with Crippen LogP contribution in [0.3, 0.4) is 0 Å². The maximum absolute atomic E-state index is 5.52. The predicted octanol–water partition coefficient (Wildman–Crippen LogP) is 0.434. The van der Waals surface area contributed by atoms with Gasteiger partial charge in [0, 0.05) is 25.9 Å². The maximum Gasteiger partial charge on any atom is 0.145 e. The van der Waals surface area contributed by atoms with Crippen molar-refractivity contribution in [3.05, 3.63) is 12.3 Å². The Kier molecular flexibility index (Phi) is 5.14. The molecule has 15 heavy (non-hydrogen) atoms. The summed E-state index contributed by atoms with van der Waals surface area (Å²) in [5.41, 5.74) is 5.52. The highest BCUT2D eigenvalue weighted by molar-refractivity contribution is 5.23. The zero-order valence-electron chi connectivity index (χ0n) is 9.52. The number of hydrogen-bond acceptors (Lipinski definition) is 4. The second kappa shape index (κ2) is 6.42. The van der Waals surface area contributed by atoms with Crippen molar-refractivity contribution in [2.24, 2.45) is 0 Å². The molecule has 0 aromatic carbocycles. The van der Waals surface area contributed by atoms with Crippen molar-refractivity contribution in [2.45, 2.75) is 13.5 Å². The molecule has 0 aliphatic rings. The van der Waals surface area contributed by atoms with Crippen LogP contribution in [0.2, 0.25) is 0 Å². The van der Waals surface area contributed by atoms with Crippen molar-refractivity contribution in [3.63, 3.8) is 0 Å². The number of nitrogens with two attached hydrogens (primary N) is 1. The van der Waals surface area contributed by atoms with Gasteiger partial charge in [0.15, 0.2) is 0 Å². The highest BCUT2D eigenvalue weighted by atomic mass is 16.5. The lowest BCUT2D eigenvalue weighted by Crippen LogP contribution is -2.27. The van der Waals surface area contributed by atoms with Gasteiger partial charge in [-0.25, -0.2) is 0 Å². The first-order valence-electron chi connectivity index (χ1n) is 5.27. The molecule has 0 bridgehead atoms. The molecule has 1 rings (SSSR count). The van der Waals surface area contributed by atoms with Crippen molar-refractivity contribution in [1.82, 2.24) is 14.7 Å². The van der Waals surface area contributed by atoms with Gasteiger partial charge in [-0.05, 0) is 20.0 Å². The number of likely N-dealkylation sites (N-methyl/N-ethyl adjacent to an activating group) is 1. The fourth-order valence-corrected chi connectivity index (χ4v) is 1.25. The van der Waals surface area contributed by atoms with Crippen LogP contribution < -0.4 is 5.73 Å². The van der Waals surface area contributed by atoms with E-state index in [1.54, 1.807) is 6.07 Å². The van der Waals surface area contributed by atoms with Crippen LogP contribution in [0.25, 0.3) is 0 Å². The van der Waals surface area contributed by atoms with Crippen LogP contribution in [0.15, 0.2) is 12.3 Å². The molecule has 0 atom stereocenters. The Hall–Kier alpha value is -1.07. The van der Waals surface area contributed by atoms with Crippen molar-refractivity contribution >= 4 is 5.82 Å². The van der Waals surface area contributed by atoms with E-state index >= 15 is 0 Å². The minimum Gasteiger partial charge on any atom is -0.382 e. The molecule has 5 nitrogen and oxygen atoms in total. The van der Waals surface area contributed by atoms with Gasteiger partial charge in [-0.2, -0.15) is 5.10 Å². The van der Waals surface area contributed by atoms with E-state index in [0.717, 1.165) is 32.8 Å². The van der Waals surface area contributed by atoms with Gasteiger partial charge in [0.1, 0.15) is 5.82 Å². The summed E-state index contributed by atoms with van der Waals surface area (Å²) in [7, 11) is 2.08. The van der Waals surface area contributed by atoms with E-state index in [2.05, 4.69) is 17.0 Å². The lowest BCUT2D eigenvalue weighted by Gasteiger charge is -2.15. The van der Waals surface area contributed by atoms with Crippen LogP contribution in [0.4, 0.5) is 5.82 Å². The van der Waals surface area contributed by atoms with Gasteiger partial charge in [-0.1, -0.05) is 0 Å². The van der Waals surface area contributed by atoms with Crippen molar-refractivity contribution in [2.75, 3.05) is 39.1 Å². The Balaban J connectivity index is 2.13. The normalized spacial score (nSPS) is 11.1. The third kappa shape index (κ3) is 4.80. The summed E-state index contributed by atoms with van der Waals surface area (Å²) in [6.07, 6.45) is 1.89. The van der Waals surface area contributed by atoms with Crippen molar-refractivity contribution in [3.8, 4) is 0 Å². The van der Waals surface area contributed by atoms with Crippen LogP contribution in [0, 0.1) is 0 Å². The summed E-state index contributed by atoms with van der Waals surface area (Å²) in [6.45, 7) is 6.34. The van der Waals surface area contributed by atoms with Gasteiger partial charge in [0.05, 0.1) is 13.2 Å². The molecule has 0 amide bonds. The molecule has 0 spiro atoms. The quantitative estimate of drug-likeness (QED) is 0.666. The number of anilines is 1. The molecule has 2 N–H and O–H groups in total. The number of nitrogen functional groups attached to an aromatic ring is 1. The Labute approximate surface area is 90.8 Å². The average Bonchev–Trinajstić information content (AvgIpc) is 2.62.